The van der Waals surface area contributed by atoms with Crippen molar-refractivity contribution in [2.45, 2.75) is 0 Å². The Kier molecular flexibility index (Phi) is 3.32. The van der Waals surface area contributed by atoms with Crippen LogP contribution >= 0.6 is 11.6 Å². The average Bonchev–Trinajstić information content (AvgIpc) is 2.10. The summed E-state index contributed by atoms with van der Waals surface area (Å²) in [6.45, 7) is 4.33. The summed E-state index contributed by atoms with van der Waals surface area (Å²) in [4.78, 5) is 1.93. The van der Waals surface area contributed by atoms with Crippen LogP contribution in [0.4, 0.5) is 10.1 Å². The fraction of sp³-hybridized carbons (Fsp3) is 0.200. The molecule has 0 aliphatic rings. The Balaban J connectivity index is 2.89. The SMILES string of the molecule is C=CCN(C)c1ccc(F)c(Cl)c1. The summed E-state index contributed by atoms with van der Waals surface area (Å²) in [7, 11) is 1.89. The first kappa shape index (κ1) is 10.1. The van der Waals surface area contributed by atoms with Crippen molar-refractivity contribution in [3.63, 3.8) is 0 Å². The molecule has 0 unspecified atom stereocenters. The van der Waals surface area contributed by atoms with E-state index in [1.54, 1.807) is 18.2 Å². The second-order valence-electron chi connectivity index (χ2n) is 2.77. The standard InChI is InChI=1S/C10H11ClFN/c1-3-6-13(2)8-4-5-10(12)9(11)7-8/h3-5,7H,1,6H2,2H3. The smallest absolute Gasteiger partial charge is 0.141 e. The van der Waals surface area contributed by atoms with Crippen LogP contribution in [0.25, 0.3) is 0 Å². The Labute approximate surface area is 82.4 Å². The van der Waals surface area contributed by atoms with Crippen LogP contribution in [0.3, 0.4) is 0 Å². The van der Waals surface area contributed by atoms with Gasteiger partial charge >= 0.3 is 0 Å². The lowest BCUT2D eigenvalue weighted by Crippen LogP contribution is -2.16. The molecule has 0 N–H and O–H groups in total. The number of hydrogen-bond acceptors (Lipinski definition) is 1. The maximum absolute atomic E-state index is 12.8. The number of nitrogens with zero attached hydrogens (tertiary/aromatic N) is 1. The zero-order valence-corrected chi connectivity index (χ0v) is 8.18. The van der Waals surface area contributed by atoms with Gasteiger partial charge in [0.05, 0.1) is 5.02 Å². The Morgan fingerprint density at radius 1 is 1.62 bits per heavy atom. The first-order valence-corrected chi connectivity index (χ1v) is 4.30. The maximum atomic E-state index is 12.8. The third-order valence-corrected chi connectivity index (χ3v) is 2.04. The number of benzene rings is 1. The largest absolute Gasteiger partial charge is 0.371 e. The zero-order chi connectivity index (χ0) is 9.84. The molecule has 0 saturated heterocycles. The molecule has 1 nitrogen and oxygen atoms in total. The van der Waals surface area contributed by atoms with E-state index in [9.17, 15) is 4.39 Å². The van der Waals surface area contributed by atoms with Gasteiger partial charge in [-0.15, -0.1) is 6.58 Å². The summed E-state index contributed by atoms with van der Waals surface area (Å²) in [5.41, 5.74) is 0.881. The minimum absolute atomic E-state index is 0.147. The highest BCUT2D eigenvalue weighted by Crippen LogP contribution is 2.21. The molecule has 0 bridgehead atoms. The highest BCUT2D eigenvalue weighted by atomic mass is 35.5. The molecule has 0 radical (unpaired) electrons. The summed E-state index contributed by atoms with van der Waals surface area (Å²) >= 11 is 5.63. The Morgan fingerprint density at radius 2 is 2.31 bits per heavy atom. The van der Waals surface area contributed by atoms with E-state index >= 15 is 0 Å². The van der Waals surface area contributed by atoms with Gasteiger partial charge in [0.2, 0.25) is 0 Å². The molecule has 70 valence electrons. The van der Waals surface area contributed by atoms with E-state index in [4.69, 9.17) is 11.6 Å². The molecule has 0 fully saturated rings. The van der Waals surface area contributed by atoms with E-state index in [0.717, 1.165) is 5.69 Å². The molecule has 0 saturated carbocycles. The number of rotatable bonds is 3. The van der Waals surface area contributed by atoms with Crippen molar-refractivity contribution < 1.29 is 4.39 Å². The highest BCUT2D eigenvalue weighted by Gasteiger charge is 2.03. The molecule has 0 atom stereocenters. The van der Waals surface area contributed by atoms with Crippen molar-refractivity contribution in [1.82, 2.24) is 0 Å². The van der Waals surface area contributed by atoms with Gasteiger partial charge in [0.1, 0.15) is 5.82 Å². The van der Waals surface area contributed by atoms with Gasteiger partial charge in [0.25, 0.3) is 0 Å². The van der Waals surface area contributed by atoms with Gasteiger partial charge in [-0.25, -0.2) is 4.39 Å². The molecule has 1 rings (SSSR count). The molecule has 0 spiro atoms. The second kappa shape index (κ2) is 4.28. The fourth-order valence-corrected chi connectivity index (χ4v) is 1.20. The van der Waals surface area contributed by atoms with E-state index < -0.39 is 5.82 Å². The summed E-state index contributed by atoms with van der Waals surface area (Å²) in [5.74, 6) is -0.391. The topological polar surface area (TPSA) is 3.24 Å². The van der Waals surface area contributed by atoms with Gasteiger partial charge in [-0.3, -0.25) is 0 Å². The third-order valence-electron chi connectivity index (χ3n) is 1.75. The molecule has 1 aromatic carbocycles. The van der Waals surface area contributed by atoms with Gasteiger partial charge in [0, 0.05) is 19.3 Å². The summed E-state index contributed by atoms with van der Waals surface area (Å²) in [5, 5.41) is 0.147. The van der Waals surface area contributed by atoms with Crippen molar-refractivity contribution in [1.29, 1.82) is 0 Å². The van der Waals surface area contributed by atoms with Crippen molar-refractivity contribution >= 4 is 17.3 Å². The van der Waals surface area contributed by atoms with Gasteiger partial charge < -0.3 is 4.90 Å². The maximum Gasteiger partial charge on any atom is 0.141 e. The first-order valence-electron chi connectivity index (χ1n) is 3.92. The monoisotopic (exact) mass is 199 g/mol. The van der Waals surface area contributed by atoms with Gasteiger partial charge in [-0.1, -0.05) is 17.7 Å². The summed E-state index contributed by atoms with van der Waals surface area (Å²) in [6.07, 6.45) is 1.78. The molecular formula is C10H11ClFN. The number of likely N-dealkylation sites (N-methyl/N-ethyl adjacent to an activating group) is 1. The van der Waals surface area contributed by atoms with Gasteiger partial charge in [0.15, 0.2) is 0 Å². The van der Waals surface area contributed by atoms with Crippen LogP contribution in [0.1, 0.15) is 0 Å². The molecule has 13 heavy (non-hydrogen) atoms. The Morgan fingerprint density at radius 3 is 2.85 bits per heavy atom. The third kappa shape index (κ3) is 2.46. The van der Waals surface area contributed by atoms with E-state index in [1.807, 2.05) is 11.9 Å². The fourth-order valence-electron chi connectivity index (χ4n) is 1.02. The number of anilines is 1. The van der Waals surface area contributed by atoms with Gasteiger partial charge in [-0.2, -0.15) is 0 Å². The molecule has 0 aromatic heterocycles. The first-order chi connectivity index (χ1) is 6.15. The van der Waals surface area contributed by atoms with E-state index in [2.05, 4.69) is 6.58 Å². The van der Waals surface area contributed by atoms with Crippen molar-refractivity contribution in [2.24, 2.45) is 0 Å². The van der Waals surface area contributed by atoms with Crippen molar-refractivity contribution in [3.05, 3.63) is 41.7 Å². The predicted octanol–water partition coefficient (Wildman–Crippen LogP) is 3.10. The Bertz CT molecular complexity index is 312. The number of halogens is 2. The quantitative estimate of drug-likeness (QED) is 0.677. The second-order valence-corrected chi connectivity index (χ2v) is 3.17. The lowest BCUT2D eigenvalue weighted by Gasteiger charge is -2.17. The molecule has 1 aromatic rings. The molecule has 0 aliphatic heterocycles. The Hall–Kier alpha value is -1.02. The average molecular weight is 200 g/mol. The van der Waals surface area contributed by atoms with Crippen molar-refractivity contribution in [2.75, 3.05) is 18.5 Å². The number of hydrogen-bond donors (Lipinski definition) is 0. The molecule has 3 heteroatoms. The van der Waals surface area contributed by atoms with E-state index in [1.165, 1.54) is 6.07 Å². The minimum Gasteiger partial charge on any atom is -0.371 e. The van der Waals surface area contributed by atoms with Crippen LogP contribution in [0.2, 0.25) is 5.02 Å². The summed E-state index contributed by atoms with van der Waals surface area (Å²) < 4.78 is 12.8. The lowest BCUT2D eigenvalue weighted by molar-refractivity contribution is 0.628. The van der Waals surface area contributed by atoms with Crippen LogP contribution in [0.15, 0.2) is 30.9 Å². The van der Waals surface area contributed by atoms with Crippen LogP contribution in [-0.2, 0) is 0 Å². The van der Waals surface area contributed by atoms with Gasteiger partial charge in [-0.05, 0) is 18.2 Å². The molecule has 0 aliphatic carbocycles. The van der Waals surface area contributed by atoms with Crippen molar-refractivity contribution in [3.8, 4) is 0 Å². The van der Waals surface area contributed by atoms with Crippen LogP contribution in [0, 0.1) is 5.82 Å². The molecule has 0 heterocycles. The molecule has 0 amide bonds. The van der Waals surface area contributed by atoms with Crippen LogP contribution in [-0.4, -0.2) is 13.6 Å². The van der Waals surface area contributed by atoms with Crippen LogP contribution in [0.5, 0.6) is 0 Å². The highest BCUT2D eigenvalue weighted by molar-refractivity contribution is 6.31. The predicted molar refractivity (Wildman–Crippen MR) is 54.9 cm³/mol. The van der Waals surface area contributed by atoms with E-state index in [-0.39, 0.29) is 5.02 Å². The normalized spacial score (nSPS) is 9.77. The zero-order valence-electron chi connectivity index (χ0n) is 7.43. The van der Waals surface area contributed by atoms with Crippen LogP contribution < -0.4 is 4.90 Å². The minimum atomic E-state index is -0.391. The lowest BCUT2D eigenvalue weighted by atomic mass is 10.3. The summed E-state index contributed by atoms with van der Waals surface area (Å²) in [6, 6.07) is 4.64. The van der Waals surface area contributed by atoms with E-state index in [0.29, 0.717) is 6.54 Å². The molecular weight excluding hydrogens is 189 g/mol.